The predicted octanol–water partition coefficient (Wildman–Crippen LogP) is 4.15. The highest BCUT2D eigenvalue weighted by molar-refractivity contribution is 9.10. The Morgan fingerprint density at radius 1 is 1.20 bits per heavy atom. The fraction of sp³-hybridized carbons (Fsp3) is 0.235. The normalized spacial score (nSPS) is 14.7. The predicted molar refractivity (Wildman–Crippen MR) is 106 cm³/mol. The fourth-order valence-electron chi connectivity index (χ4n) is 2.37. The van der Waals surface area contributed by atoms with Gasteiger partial charge < -0.3 is 4.74 Å². The van der Waals surface area contributed by atoms with E-state index in [0.29, 0.717) is 23.1 Å². The van der Waals surface area contributed by atoms with E-state index in [1.165, 1.54) is 16.1 Å². The quantitative estimate of drug-likeness (QED) is 0.716. The summed E-state index contributed by atoms with van der Waals surface area (Å²) in [5.41, 5.74) is 0.510. The molecule has 0 atom stereocenters. The second-order valence-electron chi connectivity index (χ2n) is 5.29. The Labute approximate surface area is 160 Å². The van der Waals surface area contributed by atoms with Gasteiger partial charge >= 0.3 is 0 Å². The molecule has 1 aliphatic heterocycles. The minimum absolute atomic E-state index is 0.215. The molecule has 8 heteroatoms. The summed E-state index contributed by atoms with van der Waals surface area (Å²) in [5, 5.41) is 0.488. The van der Waals surface area contributed by atoms with Crippen LogP contribution in [0, 0.1) is 0 Å². The van der Waals surface area contributed by atoms with Crippen LogP contribution in [0.15, 0.2) is 62.9 Å². The third kappa shape index (κ3) is 4.02. The Morgan fingerprint density at radius 2 is 1.96 bits per heavy atom. The lowest BCUT2D eigenvalue weighted by atomic mass is 10.3. The molecule has 0 saturated carbocycles. The molecule has 0 bridgehead atoms. The summed E-state index contributed by atoms with van der Waals surface area (Å²) >= 11 is 4.79. The molecular weight excluding hydrogens is 424 g/mol. The van der Waals surface area contributed by atoms with Gasteiger partial charge in [0.2, 0.25) is 0 Å². The van der Waals surface area contributed by atoms with Crippen LogP contribution in [0.5, 0.6) is 5.75 Å². The Hall–Kier alpha value is -1.51. The first kappa shape index (κ1) is 18.3. The molecular formula is C17H17BrN2O3S2. The van der Waals surface area contributed by atoms with Crippen LogP contribution in [0.4, 0.5) is 5.69 Å². The van der Waals surface area contributed by atoms with Gasteiger partial charge in [-0.2, -0.15) is 0 Å². The number of thioether (sulfide) groups is 1. The molecule has 5 nitrogen and oxygen atoms in total. The lowest BCUT2D eigenvalue weighted by molar-refractivity contribution is 0.415. The monoisotopic (exact) mass is 440 g/mol. The maximum absolute atomic E-state index is 13.3. The first-order chi connectivity index (χ1) is 12.0. The van der Waals surface area contributed by atoms with Gasteiger partial charge in [0.15, 0.2) is 5.17 Å². The maximum atomic E-state index is 13.3. The van der Waals surface area contributed by atoms with Gasteiger partial charge in [-0.3, -0.25) is 4.99 Å². The molecule has 0 radical (unpaired) electrons. The van der Waals surface area contributed by atoms with Gasteiger partial charge in [-0.05, 0) is 42.8 Å². The highest BCUT2D eigenvalue weighted by Crippen LogP contribution is 2.31. The lowest BCUT2D eigenvalue weighted by Crippen LogP contribution is -2.36. The van der Waals surface area contributed by atoms with Crippen molar-refractivity contribution in [3.63, 3.8) is 0 Å². The Balaban J connectivity index is 2.13. The molecule has 132 valence electrons. The number of hydrogen-bond donors (Lipinski definition) is 0. The third-order valence-electron chi connectivity index (χ3n) is 3.59. The van der Waals surface area contributed by atoms with Crippen LogP contribution < -0.4 is 9.04 Å². The highest BCUT2D eigenvalue weighted by Gasteiger charge is 2.31. The second-order valence-corrected chi connectivity index (χ2v) is 9.06. The third-order valence-corrected chi connectivity index (χ3v) is 7.03. The average Bonchev–Trinajstić information content (AvgIpc) is 2.63. The molecule has 1 aliphatic rings. The maximum Gasteiger partial charge on any atom is 0.270 e. The SMILES string of the molecule is COc1cccc(N(C2=NCCCS2)S(=O)(=O)c2ccc(Br)cc2)c1. The van der Waals surface area contributed by atoms with Crippen LogP contribution in [-0.4, -0.2) is 33.0 Å². The summed E-state index contributed by atoms with van der Waals surface area (Å²) in [6.07, 6.45) is 0.943. The summed E-state index contributed by atoms with van der Waals surface area (Å²) in [5.74, 6) is 1.43. The van der Waals surface area contributed by atoms with Crippen molar-refractivity contribution in [2.24, 2.45) is 4.99 Å². The Bertz CT molecular complexity index is 883. The summed E-state index contributed by atoms with van der Waals surface area (Å²) in [6.45, 7) is 0.624. The second kappa shape index (κ2) is 7.80. The Morgan fingerprint density at radius 3 is 2.60 bits per heavy atom. The standard InChI is InChI=1S/C17H17BrN2O3S2/c1-23-15-5-2-4-14(12-15)20(17-19-10-3-11-24-17)25(21,22)16-8-6-13(18)7-9-16/h2,4-9,12H,3,10-11H2,1H3. The van der Waals surface area contributed by atoms with Crippen molar-refractivity contribution < 1.29 is 13.2 Å². The van der Waals surface area contributed by atoms with Crippen molar-refractivity contribution in [2.75, 3.05) is 23.7 Å². The Kier molecular flexibility index (Phi) is 5.71. The molecule has 2 aromatic rings. The van der Waals surface area contributed by atoms with Crippen molar-refractivity contribution in [2.45, 2.75) is 11.3 Å². The molecule has 0 aromatic heterocycles. The van der Waals surface area contributed by atoms with E-state index in [9.17, 15) is 8.42 Å². The van der Waals surface area contributed by atoms with Gasteiger partial charge in [-0.25, -0.2) is 12.7 Å². The number of hydrogen-bond acceptors (Lipinski definition) is 5. The van der Waals surface area contributed by atoms with Gasteiger partial charge in [0.25, 0.3) is 10.0 Å². The van der Waals surface area contributed by atoms with Gasteiger partial charge in [0, 0.05) is 22.8 Å². The van der Waals surface area contributed by atoms with Gasteiger partial charge in [-0.15, -0.1) is 0 Å². The number of amidine groups is 1. The fourth-order valence-corrected chi connectivity index (χ4v) is 5.30. The molecule has 2 aromatic carbocycles. The first-order valence-corrected chi connectivity index (χ1v) is 10.9. The molecule has 0 spiro atoms. The van der Waals surface area contributed by atoms with E-state index in [1.54, 1.807) is 55.6 Å². The molecule has 0 saturated heterocycles. The topological polar surface area (TPSA) is 59.0 Å². The zero-order valence-corrected chi connectivity index (χ0v) is 16.8. The molecule has 3 rings (SSSR count). The van der Waals surface area contributed by atoms with Crippen molar-refractivity contribution >= 4 is 48.6 Å². The van der Waals surface area contributed by atoms with E-state index in [4.69, 9.17) is 4.74 Å². The largest absolute Gasteiger partial charge is 0.497 e. The number of aliphatic imine (C=N–C) groups is 1. The van der Waals surface area contributed by atoms with Crippen LogP contribution >= 0.6 is 27.7 Å². The molecule has 1 heterocycles. The van der Waals surface area contributed by atoms with Gasteiger partial charge in [-0.1, -0.05) is 33.8 Å². The van der Waals surface area contributed by atoms with E-state index in [1.807, 2.05) is 0 Å². The van der Waals surface area contributed by atoms with E-state index >= 15 is 0 Å². The number of anilines is 1. The van der Waals surface area contributed by atoms with E-state index in [-0.39, 0.29) is 4.90 Å². The van der Waals surface area contributed by atoms with Gasteiger partial charge in [0.1, 0.15) is 5.75 Å². The average molecular weight is 441 g/mol. The lowest BCUT2D eigenvalue weighted by Gasteiger charge is -2.27. The van der Waals surface area contributed by atoms with Crippen LogP contribution in [-0.2, 0) is 10.0 Å². The number of rotatable bonds is 4. The zero-order chi connectivity index (χ0) is 17.9. The van der Waals surface area contributed by atoms with Crippen LogP contribution in [0.2, 0.25) is 0 Å². The number of halogens is 1. The molecule has 0 unspecified atom stereocenters. The van der Waals surface area contributed by atoms with Crippen molar-refractivity contribution in [1.29, 1.82) is 0 Å². The highest BCUT2D eigenvalue weighted by atomic mass is 79.9. The number of benzene rings is 2. The van der Waals surface area contributed by atoms with Crippen LogP contribution in [0.1, 0.15) is 6.42 Å². The molecule has 0 amide bonds. The first-order valence-electron chi connectivity index (χ1n) is 7.64. The zero-order valence-electron chi connectivity index (χ0n) is 13.6. The van der Waals surface area contributed by atoms with Crippen molar-refractivity contribution in [3.8, 4) is 5.75 Å². The smallest absolute Gasteiger partial charge is 0.270 e. The number of sulfonamides is 1. The van der Waals surface area contributed by atoms with Crippen molar-refractivity contribution in [1.82, 2.24) is 0 Å². The van der Waals surface area contributed by atoms with E-state index in [0.717, 1.165) is 16.6 Å². The number of methoxy groups -OCH3 is 1. The summed E-state index contributed by atoms with van der Waals surface area (Å²) in [4.78, 5) is 4.66. The van der Waals surface area contributed by atoms with Crippen molar-refractivity contribution in [3.05, 3.63) is 53.0 Å². The van der Waals surface area contributed by atoms with Gasteiger partial charge in [0.05, 0.1) is 17.7 Å². The van der Waals surface area contributed by atoms with Crippen LogP contribution in [0.3, 0.4) is 0 Å². The molecule has 0 fully saturated rings. The summed E-state index contributed by atoms with van der Waals surface area (Å²) < 4.78 is 34.0. The minimum atomic E-state index is -3.79. The van der Waals surface area contributed by atoms with E-state index in [2.05, 4.69) is 20.9 Å². The van der Waals surface area contributed by atoms with Crippen LogP contribution in [0.25, 0.3) is 0 Å². The number of nitrogens with zero attached hydrogens (tertiary/aromatic N) is 2. The summed E-state index contributed by atoms with van der Waals surface area (Å²) in [7, 11) is -2.24. The van der Waals surface area contributed by atoms with E-state index < -0.39 is 10.0 Å². The number of ether oxygens (including phenoxy) is 1. The molecule has 0 aliphatic carbocycles. The minimum Gasteiger partial charge on any atom is -0.497 e. The molecule has 0 N–H and O–H groups in total. The molecule has 25 heavy (non-hydrogen) atoms. The summed E-state index contributed by atoms with van der Waals surface area (Å²) in [6, 6.07) is 13.6.